The van der Waals surface area contributed by atoms with Crippen LogP contribution in [0.3, 0.4) is 0 Å². The van der Waals surface area contributed by atoms with E-state index >= 15 is 0 Å². The standard InChI is InChI=1S/C7H8N2S.C2H6/c1-5-2-3-6-7(4-5)9-10-8-6;1-2/h4H,2-3H2,1H3;1-2H3. The van der Waals surface area contributed by atoms with Gasteiger partial charge >= 0.3 is 0 Å². The predicted octanol–water partition coefficient (Wildman–Crippen LogP) is 2.91. The van der Waals surface area contributed by atoms with E-state index in [4.69, 9.17) is 0 Å². The smallest absolute Gasteiger partial charge is 0.100 e. The molecular weight excluding hydrogens is 168 g/mol. The molecule has 1 aliphatic carbocycles. The van der Waals surface area contributed by atoms with E-state index in [9.17, 15) is 0 Å². The minimum Gasteiger partial charge on any atom is -0.177 e. The van der Waals surface area contributed by atoms with Crippen LogP contribution < -0.4 is 0 Å². The molecule has 0 aliphatic heterocycles. The van der Waals surface area contributed by atoms with Crippen molar-refractivity contribution in [3.63, 3.8) is 0 Å². The molecule has 2 nitrogen and oxygen atoms in total. The molecule has 3 heteroatoms. The summed E-state index contributed by atoms with van der Waals surface area (Å²) in [7, 11) is 0. The molecule has 66 valence electrons. The van der Waals surface area contributed by atoms with Crippen molar-refractivity contribution in [2.75, 3.05) is 0 Å². The molecule has 0 atom stereocenters. The SMILES string of the molecule is CC.CC1=Cc2nsnc2CC1. The molecule has 0 saturated heterocycles. The third kappa shape index (κ3) is 1.91. The number of aromatic nitrogens is 2. The van der Waals surface area contributed by atoms with Crippen molar-refractivity contribution in [3.05, 3.63) is 17.0 Å². The molecule has 1 heterocycles. The lowest BCUT2D eigenvalue weighted by Gasteiger charge is -2.05. The minimum atomic E-state index is 1.08. The lowest BCUT2D eigenvalue weighted by atomic mass is 10.0. The number of fused-ring (bicyclic) bond motifs is 1. The molecule has 0 bridgehead atoms. The Labute approximate surface area is 77.7 Å². The maximum absolute atomic E-state index is 4.18. The molecule has 0 N–H and O–H groups in total. The Morgan fingerprint density at radius 1 is 1.25 bits per heavy atom. The van der Waals surface area contributed by atoms with E-state index in [1.54, 1.807) is 0 Å². The molecule has 0 fully saturated rings. The summed E-state index contributed by atoms with van der Waals surface area (Å²) in [5.41, 5.74) is 3.68. The molecule has 12 heavy (non-hydrogen) atoms. The second kappa shape index (κ2) is 4.36. The molecule has 2 rings (SSSR count). The van der Waals surface area contributed by atoms with Crippen LogP contribution in [-0.2, 0) is 6.42 Å². The van der Waals surface area contributed by atoms with Gasteiger partial charge < -0.3 is 0 Å². The van der Waals surface area contributed by atoms with Crippen molar-refractivity contribution in [2.45, 2.75) is 33.6 Å². The summed E-state index contributed by atoms with van der Waals surface area (Å²) in [6, 6.07) is 0. The average molecular weight is 182 g/mol. The van der Waals surface area contributed by atoms with Crippen molar-refractivity contribution >= 4 is 17.8 Å². The molecule has 1 aromatic heterocycles. The fourth-order valence-corrected chi connectivity index (χ4v) is 1.69. The van der Waals surface area contributed by atoms with E-state index in [1.807, 2.05) is 13.8 Å². The first kappa shape index (κ1) is 9.39. The van der Waals surface area contributed by atoms with E-state index < -0.39 is 0 Å². The first-order chi connectivity index (χ1) is 5.86. The van der Waals surface area contributed by atoms with E-state index in [2.05, 4.69) is 21.7 Å². The van der Waals surface area contributed by atoms with Crippen LogP contribution in [-0.4, -0.2) is 8.75 Å². The van der Waals surface area contributed by atoms with Gasteiger partial charge in [-0.3, -0.25) is 0 Å². The van der Waals surface area contributed by atoms with Crippen molar-refractivity contribution in [2.24, 2.45) is 0 Å². The molecule has 0 saturated carbocycles. The second-order valence-electron chi connectivity index (χ2n) is 2.59. The van der Waals surface area contributed by atoms with E-state index in [0.29, 0.717) is 0 Å². The summed E-state index contributed by atoms with van der Waals surface area (Å²) < 4.78 is 8.34. The van der Waals surface area contributed by atoms with Crippen LogP contribution in [0, 0.1) is 0 Å². The van der Waals surface area contributed by atoms with Crippen molar-refractivity contribution in [3.8, 4) is 0 Å². The summed E-state index contributed by atoms with van der Waals surface area (Å²) in [6.07, 6.45) is 4.36. The average Bonchev–Trinajstić information content (AvgIpc) is 2.54. The third-order valence-electron chi connectivity index (χ3n) is 1.73. The Morgan fingerprint density at radius 3 is 2.75 bits per heavy atom. The van der Waals surface area contributed by atoms with Gasteiger partial charge in [-0.15, -0.1) is 0 Å². The first-order valence-electron chi connectivity index (χ1n) is 4.35. The van der Waals surface area contributed by atoms with Gasteiger partial charge in [0.15, 0.2) is 0 Å². The number of rotatable bonds is 0. The highest BCUT2D eigenvalue weighted by Gasteiger charge is 2.10. The lowest BCUT2D eigenvalue weighted by Crippen LogP contribution is -1.95. The molecule has 1 aromatic rings. The van der Waals surface area contributed by atoms with Crippen LogP contribution in [0.25, 0.3) is 6.08 Å². The molecule has 0 radical (unpaired) electrons. The lowest BCUT2D eigenvalue weighted by molar-refractivity contribution is 0.899. The Hall–Kier alpha value is -0.700. The Balaban J connectivity index is 0.000000336. The summed E-state index contributed by atoms with van der Waals surface area (Å²) in [4.78, 5) is 0. The normalized spacial score (nSPS) is 14.1. The van der Waals surface area contributed by atoms with Crippen molar-refractivity contribution in [1.82, 2.24) is 8.75 Å². The summed E-state index contributed by atoms with van der Waals surface area (Å²) >= 11 is 1.31. The van der Waals surface area contributed by atoms with E-state index in [-0.39, 0.29) is 0 Å². The van der Waals surface area contributed by atoms with E-state index in [1.165, 1.54) is 23.0 Å². The van der Waals surface area contributed by atoms with Gasteiger partial charge in [0.25, 0.3) is 0 Å². The van der Waals surface area contributed by atoms with Gasteiger partial charge in [-0.05, 0) is 25.8 Å². The first-order valence-corrected chi connectivity index (χ1v) is 5.08. The highest BCUT2D eigenvalue weighted by Crippen LogP contribution is 2.20. The van der Waals surface area contributed by atoms with Crippen LogP contribution in [0.2, 0.25) is 0 Å². The van der Waals surface area contributed by atoms with Gasteiger partial charge in [-0.2, -0.15) is 8.75 Å². The van der Waals surface area contributed by atoms with Crippen LogP contribution in [0.15, 0.2) is 5.57 Å². The number of hydrogen-bond donors (Lipinski definition) is 0. The summed E-state index contributed by atoms with van der Waals surface area (Å²) in [5.74, 6) is 0. The zero-order valence-corrected chi connectivity index (χ0v) is 8.61. The van der Waals surface area contributed by atoms with Crippen LogP contribution in [0.1, 0.15) is 38.6 Å². The topological polar surface area (TPSA) is 25.8 Å². The van der Waals surface area contributed by atoms with Gasteiger partial charge in [0.2, 0.25) is 0 Å². The molecular formula is C9H14N2S. The summed E-state index contributed by atoms with van der Waals surface area (Å²) in [5, 5.41) is 0. The van der Waals surface area contributed by atoms with Gasteiger partial charge in [0.1, 0.15) is 5.69 Å². The van der Waals surface area contributed by atoms with Gasteiger partial charge in [-0.25, -0.2) is 0 Å². The van der Waals surface area contributed by atoms with Crippen LogP contribution in [0.5, 0.6) is 0 Å². The van der Waals surface area contributed by atoms with Gasteiger partial charge in [-0.1, -0.05) is 19.4 Å². The van der Waals surface area contributed by atoms with Crippen LogP contribution in [0.4, 0.5) is 0 Å². The maximum atomic E-state index is 4.18. The number of aryl methyl sites for hydroxylation is 1. The predicted molar refractivity (Wildman–Crippen MR) is 53.2 cm³/mol. The molecule has 0 spiro atoms. The number of hydrogen-bond acceptors (Lipinski definition) is 3. The monoisotopic (exact) mass is 182 g/mol. The highest BCUT2D eigenvalue weighted by atomic mass is 32.1. The fraction of sp³-hybridized carbons (Fsp3) is 0.556. The fourth-order valence-electron chi connectivity index (χ4n) is 1.12. The quantitative estimate of drug-likeness (QED) is 0.616. The Morgan fingerprint density at radius 2 is 2.00 bits per heavy atom. The molecule has 0 unspecified atom stereocenters. The largest absolute Gasteiger partial charge is 0.177 e. The Bertz CT molecular complexity index is 276. The third-order valence-corrected chi connectivity index (χ3v) is 2.31. The molecule has 0 amide bonds. The zero-order valence-electron chi connectivity index (χ0n) is 7.79. The van der Waals surface area contributed by atoms with Gasteiger partial charge in [0, 0.05) is 0 Å². The summed E-state index contributed by atoms with van der Waals surface area (Å²) in [6.45, 7) is 6.14. The molecule has 1 aliphatic rings. The number of nitrogens with zero attached hydrogens (tertiary/aromatic N) is 2. The van der Waals surface area contributed by atoms with Gasteiger partial charge in [0.05, 0.1) is 17.4 Å². The highest BCUT2D eigenvalue weighted by molar-refractivity contribution is 6.99. The maximum Gasteiger partial charge on any atom is 0.100 e. The van der Waals surface area contributed by atoms with Crippen LogP contribution >= 0.6 is 11.7 Å². The van der Waals surface area contributed by atoms with Crippen molar-refractivity contribution < 1.29 is 0 Å². The Kier molecular flexibility index (Phi) is 3.41. The van der Waals surface area contributed by atoms with E-state index in [0.717, 1.165) is 18.5 Å². The zero-order chi connectivity index (χ0) is 8.97. The number of allylic oxidation sites excluding steroid dienone is 1. The molecule has 0 aromatic carbocycles. The second-order valence-corrected chi connectivity index (χ2v) is 3.12. The minimum absolute atomic E-state index is 1.08. The van der Waals surface area contributed by atoms with Crippen molar-refractivity contribution in [1.29, 1.82) is 0 Å².